The van der Waals surface area contributed by atoms with Crippen molar-refractivity contribution in [3.63, 3.8) is 0 Å². The largest absolute Gasteiger partial charge is 0.383 e. The van der Waals surface area contributed by atoms with Crippen LogP contribution < -0.4 is 16.0 Å². The predicted octanol–water partition coefficient (Wildman–Crippen LogP) is 5.25. The lowest BCUT2D eigenvalue weighted by atomic mass is 10.2. The highest BCUT2D eigenvalue weighted by atomic mass is 35.5. The van der Waals surface area contributed by atoms with Gasteiger partial charge < -0.3 is 16.0 Å². The summed E-state index contributed by atoms with van der Waals surface area (Å²) < 4.78 is 0. The number of nitrogens with zero attached hydrogens (tertiary/aromatic N) is 3. The zero-order valence-corrected chi connectivity index (χ0v) is 16.7. The normalized spacial score (nSPS) is 10.7. The molecule has 0 fully saturated rings. The third-order valence-corrected chi connectivity index (χ3v) is 4.64. The van der Waals surface area contributed by atoms with Crippen LogP contribution in [0.4, 0.5) is 23.1 Å². The maximum atomic E-state index is 6.05. The molecule has 2 aromatic heterocycles. The van der Waals surface area contributed by atoms with Gasteiger partial charge in [0.1, 0.15) is 5.82 Å². The number of aryl methyl sites for hydroxylation is 1. The van der Waals surface area contributed by atoms with Crippen LogP contribution in [0.2, 0.25) is 5.02 Å². The molecule has 7 heteroatoms. The maximum Gasteiger partial charge on any atom is 0.224 e. The van der Waals surface area contributed by atoms with Gasteiger partial charge >= 0.3 is 0 Å². The van der Waals surface area contributed by atoms with Gasteiger partial charge in [-0.05, 0) is 49.4 Å². The summed E-state index contributed by atoms with van der Waals surface area (Å²) in [5.74, 6) is 1.33. The molecule has 0 saturated carbocycles. The Morgan fingerprint density at radius 2 is 1.66 bits per heavy atom. The first kappa shape index (κ1) is 19.0. The van der Waals surface area contributed by atoms with Crippen molar-refractivity contribution in [1.29, 1.82) is 0 Å². The molecule has 6 nitrogen and oxygen atoms in total. The number of fused-ring (bicyclic) bond motifs is 1. The first-order valence-electron chi connectivity index (χ1n) is 9.36. The lowest BCUT2D eigenvalue weighted by Crippen LogP contribution is -2.15. The van der Waals surface area contributed by atoms with E-state index >= 15 is 0 Å². The lowest BCUT2D eigenvalue weighted by Gasteiger charge is -2.11. The molecule has 0 aliphatic rings. The standard InChI is InChI=1S/C22H21ClN6/c1-15-2-5-17(6-3-15)28-21-9-11-26-22(29-21)27-13-12-25-19-8-10-24-20-14-16(23)4-7-18(19)20/h2-11,14H,12-13H2,1H3,(H,24,25)(H2,26,27,28,29). The highest BCUT2D eigenvalue weighted by Crippen LogP contribution is 2.24. The topological polar surface area (TPSA) is 74.8 Å². The van der Waals surface area contributed by atoms with E-state index in [0.29, 0.717) is 24.1 Å². The molecule has 2 aromatic carbocycles. The summed E-state index contributed by atoms with van der Waals surface area (Å²) in [5, 5.41) is 11.7. The van der Waals surface area contributed by atoms with E-state index in [9.17, 15) is 0 Å². The van der Waals surface area contributed by atoms with E-state index in [1.54, 1.807) is 12.4 Å². The average molecular weight is 405 g/mol. The number of halogens is 1. The van der Waals surface area contributed by atoms with Gasteiger partial charge in [-0.1, -0.05) is 29.3 Å². The average Bonchev–Trinajstić information content (AvgIpc) is 2.73. The van der Waals surface area contributed by atoms with Crippen LogP contribution in [0.25, 0.3) is 10.9 Å². The van der Waals surface area contributed by atoms with E-state index in [-0.39, 0.29) is 0 Å². The summed E-state index contributed by atoms with van der Waals surface area (Å²) in [4.78, 5) is 13.2. The van der Waals surface area contributed by atoms with E-state index in [4.69, 9.17) is 11.6 Å². The van der Waals surface area contributed by atoms with Gasteiger partial charge in [0.05, 0.1) is 5.52 Å². The van der Waals surface area contributed by atoms with E-state index in [2.05, 4.69) is 50.0 Å². The van der Waals surface area contributed by atoms with E-state index < -0.39 is 0 Å². The molecule has 0 radical (unpaired) electrons. The summed E-state index contributed by atoms with van der Waals surface area (Å²) in [5.41, 5.74) is 4.10. The Bertz CT molecular complexity index is 1110. The van der Waals surface area contributed by atoms with Crippen LogP contribution in [0, 0.1) is 6.92 Å². The molecule has 3 N–H and O–H groups in total. The van der Waals surface area contributed by atoms with Crippen molar-refractivity contribution in [2.45, 2.75) is 6.92 Å². The molecule has 0 aliphatic heterocycles. The van der Waals surface area contributed by atoms with Crippen LogP contribution in [0.3, 0.4) is 0 Å². The highest BCUT2D eigenvalue weighted by Gasteiger charge is 2.03. The molecule has 29 heavy (non-hydrogen) atoms. The fraction of sp³-hybridized carbons (Fsp3) is 0.136. The first-order valence-corrected chi connectivity index (χ1v) is 9.74. The van der Waals surface area contributed by atoms with Gasteiger partial charge in [0, 0.05) is 47.3 Å². The second-order valence-corrected chi connectivity index (χ2v) is 7.07. The monoisotopic (exact) mass is 404 g/mol. The van der Waals surface area contributed by atoms with Gasteiger partial charge in [-0.3, -0.25) is 4.98 Å². The van der Waals surface area contributed by atoms with E-state index in [1.165, 1.54) is 5.56 Å². The molecule has 0 unspecified atom stereocenters. The van der Waals surface area contributed by atoms with Crippen LogP contribution in [-0.4, -0.2) is 28.0 Å². The summed E-state index contributed by atoms with van der Waals surface area (Å²) in [6.45, 7) is 3.44. The van der Waals surface area contributed by atoms with Crippen molar-refractivity contribution >= 4 is 45.6 Å². The molecule has 0 amide bonds. The summed E-state index contributed by atoms with van der Waals surface area (Å²) >= 11 is 6.05. The van der Waals surface area contributed by atoms with Crippen molar-refractivity contribution in [2.24, 2.45) is 0 Å². The second-order valence-electron chi connectivity index (χ2n) is 6.63. The fourth-order valence-corrected chi connectivity index (χ4v) is 3.11. The molecule has 2 heterocycles. The summed E-state index contributed by atoms with van der Waals surface area (Å²) in [6, 6.07) is 17.7. The van der Waals surface area contributed by atoms with Crippen molar-refractivity contribution < 1.29 is 0 Å². The Hall–Kier alpha value is -3.38. The van der Waals surface area contributed by atoms with Gasteiger partial charge in [-0.2, -0.15) is 4.98 Å². The number of aromatic nitrogens is 3. The molecule has 0 spiro atoms. The molecule has 0 atom stereocenters. The van der Waals surface area contributed by atoms with Crippen molar-refractivity contribution in [2.75, 3.05) is 29.0 Å². The smallest absolute Gasteiger partial charge is 0.224 e. The zero-order valence-electron chi connectivity index (χ0n) is 16.0. The number of rotatable bonds is 7. The fourth-order valence-electron chi connectivity index (χ4n) is 2.95. The molecular weight excluding hydrogens is 384 g/mol. The van der Waals surface area contributed by atoms with Crippen molar-refractivity contribution in [1.82, 2.24) is 15.0 Å². The van der Waals surface area contributed by atoms with Gasteiger partial charge in [0.15, 0.2) is 0 Å². The third kappa shape index (κ3) is 4.92. The number of hydrogen-bond acceptors (Lipinski definition) is 6. The number of hydrogen-bond donors (Lipinski definition) is 3. The molecule has 4 aromatic rings. The molecule has 0 aliphatic carbocycles. The van der Waals surface area contributed by atoms with Gasteiger partial charge in [-0.25, -0.2) is 4.98 Å². The Kier molecular flexibility index (Phi) is 5.72. The Balaban J connectivity index is 1.34. The minimum Gasteiger partial charge on any atom is -0.383 e. The van der Waals surface area contributed by atoms with E-state index in [0.717, 1.165) is 28.1 Å². The molecule has 0 bridgehead atoms. The number of nitrogens with one attached hydrogen (secondary N) is 3. The first-order chi connectivity index (χ1) is 14.2. The predicted molar refractivity (Wildman–Crippen MR) is 120 cm³/mol. The molecule has 4 rings (SSSR count). The summed E-state index contributed by atoms with van der Waals surface area (Å²) in [7, 11) is 0. The van der Waals surface area contributed by atoms with Crippen molar-refractivity contribution in [3.05, 3.63) is 77.6 Å². The molecule has 0 saturated heterocycles. The van der Waals surface area contributed by atoms with Crippen LogP contribution in [0.5, 0.6) is 0 Å². The second kappa shape index (κ2) is 8.75. The Morgan fingerprint density at radius 3 is 2.52 bits per heavy atom. The highest BCUT2D eigenvalue weighted by molar-refractivity contribution is 6.31. The Morgan fingerprint density at radius 1 is 0.862 bits per heavy atom. The zero-order chi connectivity index (χ0) is 20.1. The van der Waals surface area contributed by atoms with Gasteiger partial charge in [0.2, 0.25) is 5.95 Å². The number of anilines is 4. The third-order valence-electron chi connectivity index (χ3n) is 4.41. The minimum absolute atomic E-state index is 0.579. The number of benzene rings is 2. The molecular formula is C22H21ClN6. The van der Waals surface area contributed by atoms with Crippen LogP contribution in [0.1, 0.15) is 5.56 Å². The van der Waals surface area contributed by atoms with Gasteiger partial charge in [0.25, 0.3) is 0 Å². The van der Waals surface area contributed by atoms with Crippen LogP contribution in [-0.2, 0) is 0 Å². The Labute approximate surface area is 174 Å². The van der Waals surface area contributed by atoms with E-state index in [1.807, 2.05) is 42.5 Å². The van der Waals surface area contributed by atoms with Crippen molar-refractivity contribution in [3.8, 4) is 0 Å². The minimum atomic E-state index is 0.579. The lowest BCUT2D eigenvalue weighted by molar-refractivity contribution is 1.03. The van der Waals surface area contributed by atoms with Crippen LogP contribution in [0.15, 0.2) is 67.0 Å². The van der Waals surface area contributed by atoms with Crippen LogP contribution >= 0.6 is 11.6 Å². The summed E-state index contributed by atoms with van der Waals surface area (Å²) in [6.07, 6.45) is 3.51. The molecule has 146 valence electrons. The SMILES string of the molecule is Cc1ccc(Nc2ccnc(NCCNc3ccnc4cc(Cl)ccc34)n2)cc1. The van der Waals surface area contributed by atoms with Gasteiger partial charge in [-0.15, -0.1) is 0 Å². The maximum absolute atomic E-state index is 6.05. The quantitative estimate of drug-likeness (QED) is 0.365. The number of pyridine rings is 1.